The molecule has 14 heavy (non-hydrogen) atoms. The minimum Gasteiger partial charge on any atom is -0.462 e. The highest BCUT2D eigenvalue weighted by Crippen LogP contribution is 1.96. The van der Waals surface area contributed by atoms with Crippen LogP contribution in [-0.4, -0.2) is 44.2 Å². The van der Waals surface area contributed by atoms with Crippen LogP contribution >= 0.6 is 0 Å². The number of allylic oxidation sites excluding steroid dienone is 1. The molecule has 0 spiro atoms. The molecule has 0 fully saturated rings. The third-order valence-electron chi connectivity index (χ3n) is 1.57. The van der Waals surface area contributed by atoms with Gasteiger partial charge >= 0.3 is 5.97 Å². The molecule has 0 rings (SSSR count). The van der Waals surface area contributed by atoms with E-state index in [0.717, 1.165) is 0 Å². The molecule has 0 aliphatic carbocycles. The molecule has 0 N–H and O–H groups in total. The summed E-state index contributed by atoms with van der Waals surface area (Å²) in [6.45, 7) is 6.69. The van der Waals surface area contributed by atoms with Gasteiger partial charge in [0.05, 0.1) is 20.7 Å². The standard InChI is InChI=1S/C11H18NO2/c1-5-7-8-9-12(3,4)10-11(13)14-6-2/h5H,1,6,9-10H2,2-4H3/q+1. The van der Waals surface area contributed by atoms with Crippen molar-refractivity contribution in [3.63, 3.8) is 0 Å². The zero-order chi connectivity index (χ0) is 11.0. The summed E-state index contributed by atoms with van der Waals surface area (Å²) in [6, 6.07) is 0. The van der Waals surface area contributed by atoms with Gasteiger partial charge in [-0.25, -0.2) is 4.79 Å². The summed E-state index contributed by atoms with van der Waals surface area (Å²) in [5, 5.41) is 0. The molecule has 0 atom stereocenters. The predicted molar refractivity (Wildman–Crippen MR) is 56.4 cm³/mol. The average Bonchev–Trinajstić information content (AvgIpc) is 2.03. The van der Waals surface area contributed by atoms with Crippen molar-refractivity contribution in [3.05, 3.63) is 12.7 Å². The van der Waals surface area contributed by atoms with E-state index in [1.54, 1.807) is 13.0 Å². The summed E-state index contributed by atoms with van der Waals surface area (Å²) in [5.74, 6) is 5.49. The van der Waals surface area contributed by atoms with E-state index in [-0.39, 0.29) is 5.97 Å². The van der Waals surface area contributed by atoms with Gasteiger partial charge in [-0.2, -0.15) is 0 Å². The van der Waals surface area contributed by atoms with Crippen molar-refractivity contribution in [2.75, 3.05) is 33.8 Å². The van der Waals surface area contributed by atoms with Gasteiger partial charge < -0.3 is 9.22 Å². The van der Waals surface area contributed by atoms with E-state index >= 15 is 0 Å². The van der Waals surface area contributed by atoms with E-state index in [0.29, 0.717) is 24.2 Å². The highest BCUT2D eigenvalue weighted by molar-refractivity contribution is 5.70. The fourth-order valence-electron chi connectivity index (χ4n) is 0.944. The molecule has 3 nitrogen and oxygen atoms in total. The van der Waals surface area contributed by atoms with Crippen LogP contribution in [0, 0.1) is 11.8 Å². The molecule has 0 unspecified atom stereocenters. The lowest BCUT2D eigenvalue weighted by Gasteiger charge is -2.25. The topological polar surface area (TPSA) is 26.3 Å². The highest BCUT2D eigenvalue weighted by atomic mass is 16.5. The monoisotopic (exact) mass is 196 g/mol. The van der Waals surface area contributed by atoms with Gasteiger partial charge in [0.2, 0.25) is 0 Å². The third-order valence-corrected chi connectivity index (χ3v) is 1.57. The van der Waals surface area contributed by atoms with E-state index in [1.807, 2.05) is 14.1 Å². The molecule has 0 aliphatic heterocycles. The molecule has 0 radical (unpaired) electrons. The number of hydrogen-bond acceptors (Lipinski definition) is 2. The number of carbonyl (C=O) groups excluding carboxylic acids is 1. The number of nitrogens with zero attached hydrogens (tertiary/aromatic N) is 1. The first-order chi connectivity index (χ1) is 6.52. The maximum absolute atomic E-state index is 11.2. The van der Waals surface area contributed by atoms with Crippen molar-refractivity contribution in [2.24, 2.45) is 0 Å². The largest absolute Gasteiger partial charge is 0.462 e. The molecule has 0 aromatic heterocycles. The first-order valence-corrected chi connectivity index (χ1v) is 4.58. The Morgan fingerprint density at radius 2 is 2.21 bits per heavy atom. The fourth-order valence-corrected chi connectivity index (χ4v) is 0.944. The van der Waals surface area contributed by atoms with Crippen molar-refractivity contribution in [1.82, 2.24) is 0 Å². The summed E-state index contributed by atoms with van der Waals surface area (Å²) < 4.78 is 5.37. The molecular formula is C11H18NO2+. The maximum atomic E-state index is 11.2. The van der Waals surface area contributed by atoms with Crippen molar-refractivity contribution in [3.8, 4) is 11.8 Å². The second-order valence-corrected chi connectivity index (χ2v) is 3.58. The number of esters is 1. The number of ether oxygens (including phenoxy) is 1. The number of hydrogen-bond donors (Lipinski definition) is 0. The lowest BCUT2D eigenvalue weighted by Crippen LogP contribution is -2.44. The van der Waals surface area contributed by atoms with Crippen LogP contribution in [0.1, 0.15) is 6.92 Å². The summed E-state index contributed by atoms with van der Waals surface area (Å²) in [5.41, 5.74) is 0. The molecule has 3 heteroatoms. The smallest absolute Gasteiger partial charge is 0.361 e. The second kappa shape index (κ2) is 6.22. The van der Waals surface area contributed by atoms with Crippen molar-refractivity contribution < 1.29 is 14.0 Å². The maximum Gasteiger partial charge on any atom is 0.361 e. The summed E-state index contributed by atoms with van der Waals surface area (Å²) >= 11 is 0. The van der Waals surface area contributed by atoms with Crippen molar-refractivity contribution >= 4 is 5.97 Å². The lowest BCUT2D eigenvalue weighted by atomic mass is 10.4. The Hall–Kier alpha value is -1.27. The van der Waals surface area contributed by atoms with Gasteiger partial charge in [-0.05, 0) is 18.9 Å². The van der Waals surface area contributed by atoms with E-state index in [9.17, 15) is 4.79 Å². The van der Waals surface area contributed by atoms with Gasteiger partial charge in [-0.15, -0.1) is 0 Å². The minimum atomic E-state index is -0.182. The van der Waals surface area contributed by atoms with Crippen LogP contribution in [0.4, 0.5) is 0 Å². The van der Waals surface area contributed by atoms with Gasteiger partial charge in [-0.1, -0.05) is 12.5 Å². The van der Waals surface area contributed by atoms with Gasteiger partial charge in [0.1, 0.15) is 6.54 Å². The average molecular weight is 196 g/mol. The van der Waals surface area contributed by atoms with Crippen LogP contribution in [0.3, 0.4) is 0 Å². The van der Waals surface area contributed by atoms with E-state index in [1.165, 1.54) is 0 Å². The van der Waals surface area contributed by atoms with Crippen LogP contribution in [-0.2, 0) is 9.53 Å². The molecule has 0 bridgehead atoms. The Balaban J connectivity index is 4.05. The van der Waals surface area contributed by atoms with E-state index < -0.39 is 0 Å². The molecule has 0 aliphatic rings. The van der Waals surface area contributed by atoms with Crippen molar-refractivity contribution in [1.29, 1.82) is 0 Å². The fraction of sp³-hybridized carbons (Fsp3) is 0.545. The Morgan fingerprint density at radius 1 is 1.57 bits per heavy atom. The summed E-state index contributed by atoms with van der Waals surface area (Å²) in [4.78, 5) is 11.2. The zero-order valence-corrected chi connectivity index (χ0v) is 9.17. The van der Waals surface area contributed by atoms with Crippen LogP contribution < -0.4 is 0 Å². The highest BCUT2D eigenvalue weighted by Gasteiger charge is 2.19. The lowest BCUT2D eigenvalue weighted by molar-refractivity contribution is -0.875. The van der Waals surface area contributed by atoms with Crippen LogP contribution in [0.2, 0.25) is 0 Å². The first-order valence-electron chi connectivity index (χ1n) is 4.58. The van der Waals surface area contributed by atoms with E-state index in [2.05, 4.69) is 18.4 Å². The molecule has 78 valence electrons. The molecule has 0 saturated heterocycles. The van der Waals surface area contributed by atoms with Crippen molar-refractivity contribution in [2.45, 2.75) is 6.92 Å². The first kappa shape index (κ1) is 12.7. The predicted octanol–water partition coefficient (Wildman–Crippen LogP) is 0.815. The second-order valence-electron chi connectivity index (χ2n) is 3.58. The number of likely N-dealkylation sites (N-methyl/N-ethyl adjacent to an activating group) is 1. The third kappa shape index (κ3) is 6.27. The quantitative estimate of drug-likeness (QED) is 0.378. The van der Waals surface area contributed by atoms with Gasteiger partial charge in [-0.3, -0.25) is 0 Å². The van der Waals surface area contributed by atoms with Gasteiger partial charge in [0.25, 0.3) is 0 Å². The SMILES string of the molecule is C=CC#CC[N+](C)(C)CC(=O)OCC. The summed E-state index contributed by atoms with van der Waals surface area (Å²) in [7, 11) is 3.88. The summed E-state index contributed by atoms with van der Waals surface area (Å²) in [6.07, 6.45) is 1.55. The van der Waals surface area contributed by atoms with Crippen LogP contribution in [0.15, 0.2) is 12.7 Å². The molecule has 0 saturated carbocycles. The minimum absolute atomic E-state index is 0.182. The Bertz CT molecular complexity index is 258. The zero-order valence-electron chi connectivity index (χ0n) is 9.17. The Morgan fingerprint density at radius 3 is 2.71 bits per heavy atom. The molecule has 0 aromatic rings. The normalized spacial score (nSPS) is 9.93. The van der Waals surface area contributed by atoms with Crippen LogP contribution in [0.5, 0.6) is 0 Å². The van der Waals surface area contributed by atoms with E-state index in [4.69, 9.17) is 4.74 Å². The van der Waals surface area contributed by atoms with Crippen LogP contribution in [0.25, 0.3) is 0 Å². The Labute approximate surface area is 85.9 Å². The van der Waals surface area contributed by atoms with Gasteiger partial charge in [0, 0.05) is 0 Å². The van der Waals surface area contributed by atoms with Gasteiger partial charge in [0.15, 0.2) is 6.54 Å². The molecule has 0 amide bonds. The molecular weight excluding hydrogens is 178 g/mol. The molecule has 0 aromatic carbocycles. The number of rotatable bonds is 4. The Kier molecular flexibility index (Phi) is 5.66. The number of carbonyl (C=O) groups is 1. The number of quaternary nitrogens is 1. The molecule has 0 heterocycles.